The predicted octanol–water partition coefficient (Wildman–Crippen LogP) is 4.55. The molecule has 0 saturated heterocycles. The molecule has 4 aromatic rings. The van der Waals surface area contributed by atoms with E-state index in [-0.39, 0.29) is 12.5 Å². The Morgan fingerprint density at radius 2 is 1.93 bits per heavy atom. The van der Waals surface area contributed by atoms with Crippen LogP contribution in [0.15, 0.2) is 87.1 Å². The van der Waals surface area contributed by atoms with Crippen molar-refractivity contribution in [1.82, 2.24) is 15.5 Å². The van der Waals surface area contributed by atoms with Crippen molar-refractivity contribution in [3.8, 4) is 11.5 Å². The lowest BCUT2D eigenvalue weighted by Gasteiger charge is -2.05. The van der Waals surface area contributed by atoms with Gasteiger partial charge in [-0.1, -0.05) is 23.4 Å². The molecule has 6 nitrogen and oxygen atoms in total. The Morgan fingerprint density at radius 3 is 2.68 bits per heavy atom. The average molecular weight is 391 g/mol. The summed E-state index contributed by atoms with van der Waals surface area (Å²) in [6.45, 7) is 0.278. The lowest BCUT2D eigenvalue weighted by atomic mass is 10.1. The number of carbonyl (C=O) groups is 1. The minimum absolute atomic E-state index is 0.161. The molecule has 3 heterocycles. The Morgan fingerprint density at radius 1 is 1.04 bits per heavy atom. The van der Waals surface area contributed by atoms with Crippen LogP contribution in [0.1, 0.15) is 21.6 Å². The number of carbonyl (C=O) groups excluding carboxylic acids is 1. The molecule has 0 aliphatic rings. The normalized spacial score (nSPS) is 10.7. The molecule has 0 aliphatic heterocycles. The Bertz CT molecular complexity index is 1030. The SMILES string of the molecule is O=C(NCc1cc(-c2ccco2)on1)c1ccc(CSc2ccccn2)cc1. The van der Waals surface area contributed by atoms with E-state index in [1.807, 2.05) is 42.5 Å². The Kier molecular flexibility index (Phi) is 5.53. The minimum atomic E-state index is -0.161. The van der Waals surface area contributed by atoms with Crippen LogP contribution in [0.4, 0.5) is 0 Å². The van der Waals surface area contributed by atoms with Crippen LogP contribution in [0.5, 0.6) is 0 Å². The molecule has 1 amide bonds. The third-order valence-electron chi connectivity index (χ3n) is 3.99. The first-order valence-electron chi connectivity index (χ1n) is 8.68. The topological polar surface area (TPSA) is 81.2 Å². The molecule has 0 fully saturated rings. The number of benzene rings is 1. The lowest BCUT2D eigenvalue weighted by Crippen LogP contribution is -2.22. The first kappa shape index (κ1) is 18.1. The molecule has 1 N–H and O–H groups in total. The number of hydrogen-bond donors (Lipinski definition) is 1. The van der Waals surface area contributed by atoms with Crippen LogP contribution in [0.3, 0.4) is 0 Å². The highest BCUT2D eigenvalue weighted by Crippen LogP contribution is 2.21. The highest BCUT2D eigenvalue weighted by molar-refractivity contribution is 7.98. The first-order valence-corrected chi connectivity index (χ1v) is 9.67. The van der Waals surface area contributed by atoms with Gasteiger partial charge in [0.1, 0.15) is 5.69 Å². The number of rotatable bonds is 7. The van der Waals surface area contributed by atoms with Gasteiger partial charge in [0.25, 0.3) is 5.91 Å². The van der Waals surface area contributed by atoms with Crippen molar-refractivity contribution >= 4 is 17.7 Å². The summed E-state index contributed by atoms with van der Waals surface area (Å²) in [7, 11) is 0. The van der Waals surface area contributed by atoms with Gasteiger partial charge in [0.05, 0.1) is 17.8 Å². The van der Waals surface area contributed by atoms with Gasteiger partial charge in [-0.3, -0.25) is 4.79 Å². The zero-order valence-electron chi connectivity index (χ0n) is 14.9. The summed E-state index contributed by atoms with van der Waals surface area (Å²) in [4.78, 5) is 16.6. The molecule has 4 rings (SSSR count). The minimum Gasteiger partial charge on any atom is -0.461 e. The van der Waals surface area contributed by atoms with E-state index in [1.54, 1.807) is 42.4 Å². The Hall–Kier alpha value is -3.32. The number of amides is 1. The number of pyridine rings is 1. The van der Waals surface area contributed by atoms with Gasteiger partial charge in [0, 0.05) is 23.6 Å². The Labute approximate surface area is 166 Å². The van der Waals surface area contributed by atoms with Crippen molar-refractivity contribution in [2.75, 3.05) is 0 Å². The quantitative estimate of drug-likeness (QED) is 0.466. The van der Waals surface area contributed by atoms with Crippen molar-refractivity contribution in [2.24, 2.45) is 0 Å². The van der Waals surface area contributed by atoms with Gasteiger partial charge in [-0.05, 0) is 42.0 Å². The summed E-state index contributed by atoms with van der Waals surface area (Å²) in [6, 6.07) is 18.7. The molecule has 0 atom stereocenters. The fourth-order valence-corrected chi connectivity index (χ4v) is 3.36. The lowest BCUT2D eigenvalue weighted by molar-refractivity contribution is 0.0950. The second-order valence-electron chi connectivity index (χ2n) is 6.00. The summed E-state index contributed by atoms with van der Waals surface area (Å²) in [5.41, 5.74) is 2.36. The maximum atomic E-state index is 12.3. The van der Waals surface area contributed by atoms with Gasteiger partial charge in [0.2, 0.25) is 5.76 Å². The number of thioether (sulfide) groups is 1. The number of aromatic nitrogens is 2. The Balaban J connectivity index is 1.30. The molecule has 0 saturated carbocycles. The molecular formula is C21H17N3O3S. The average Bonchev–Trinajstić information content (AvgIpc) is 3.43. The van der Waals surface area contributed by atoms with Crippen molar-refractivity contribution < 1.29 is 13.7 Å². The van der Waals surface area contributed by atoms with E-state index in [9.17, 15) is 4.79 Å². The van der Waals surface area contributed by atoms with Crippen molar-refractivity contribution in [1.29, 1.82) is 0 Å². The maximum Gasteiger partial charge on any atom is 0.251 e. The maximum absolute atomic E-state index is 12.3. The molecule has 0 bridgehead atoms. The first-order chi connectivity index (χ1) is 13.8. The van der Waals surface area contributed by atoms with Gasteiger partial charge in [-0.2, -0.15) is 0 Å². The molecule has 0 radical (unpaired) electrons. The van der Waals surface area contributed by atoms with Crippen LogP contribution in [0.25, 0.3) is 11.5 Å². The zero-order chi connectivity index (χ0) is 19.2. The van der Waals surface area contributed by atoms with Crippen LogP contribution >= 0.6 is 11.8 Å². The van der Waals surface area contributed by atoms with Crippen molar-refractivity contribution in [3.05, 3.63) is 89.9 Å². The molecule has 1 aromatic carbocycles. The largest absolute Gasteiger partial charge is 0.461 e. The number of nitrogens with one attached hydrogen (secondary N) is 1. The standard InChI is InChI=1S/C21H17N3O3S/c25-21(23-13-17-12-19(27-24-17)18-4-3-11-26-18)16-8-6-15(7-9-16)14-28-20-5-1-2-10-22-20/h1-12H,13-14H2,(H,23,25). The van der Waals surface area contributed by atoms with Crippen molar-refractivity contribution in [3.63, 3.8) is 0 Å². The second kappa shape index (κ2) is 8.58. The van der Waals surface area contributed by atoms with Gasteiger partial charge in [0.15, 0.2) is 5.76 Å². The molecule has 28 heavy (non-hydrogen) atoms. The molecule has 140 valence electrons. The van der Waals surface area contributed by atoms with Crippen LogP contribution in [-0.4, -0.2) is 16.0 Å². The second-order valence-corrected chi connectivity index (χ2v) is 6.99. The molecular weight excluding hydrogens is 374 g/mol. The van der Waals surface area contributed by atoms with Crippen LogP contribution < -0.4 is 5.32 Å². The van der Waals surface area contributed by atoms with E-state index in [0.717, 1.165) is 16.3 Å². The fraction of sp³-hybridized carbons (Fsp3) is 0.0952. The van der Waals surface area contributed by atoms with E-state index in [2.05, 4.69) is 15.5 Å². The summed E-state index contributed by atoms with van der Waals surface area (Å²) in [5.74, 6) is 1.77. The van der Waals surface area contributed by atoms with Crippen molar-refractivity contribution in [2.45, 2.75) is 17.3 Å². The monoisotopic (exact) mass is 391 g/mol. The number of furan rings is 1. The smallest absolute Gasteiger partial charge is 0.251 e. The molecule has 0 aliphatic carbocycles. The number of hydrogen-bond acceptors (Lipinski definition) is 6. The molecule has 3 aromatic heterocycles. The van der Waals surface area contributed by atoms with E-state index in [1.165, 1.54) is 0 Å². The summed E-state index contributed by atoms with van der Waals surface area (Å²) < 4.78 is 10.5. The van der Waals surface area contributed by atoms with Gasteiger partial charge in [-0.25, -0.2) is 4.98 Å². The summed E-state index contributed by atoms with van der Waals surface area (Å²) in [5, 5.41) is 7.77. The number of nitrogens with zero attached hydrogens (tertiary/aromatic N) is 2. The van der Waals surface area contributed by atoms with E-state index >= 15 is 0 Å². The zero-order valence-corrected chi connectivity index (χ0v) is 15.7. The van der Waals surface area contributed by atoms with Gasteiger partial charge in [-0.15, -0.1) is 11.8 Å². The van der Waals surface area contributed by atoms with E-state index in [4.69, 9.17) is 8.94 Å². The third kappa shape index (κ3) is 4.50. The predicted molar refractivity (Wildman–Crippen MR) is 106 cm³/mol. The summed E-state index contributed by atoms with van der Waals surface area (Å²) in [6.07, 6.45) is 3.35. The summed E-state index contributed by atoms with van der Waals surface area (Å²) >= 11 is 1.66. The molecule has 7 heteroatoms. The van der Waals surface area contributed by atoms with E-state index < -0.39 is 0 Å². The molecule has 0 unspecified atom stereocenters. The third-order valence-corrected chi connectivity index (χ3v) is 5.01. The highest BCUT2D eigenvalue weighted by atomic mass is 32.2. The highest BCUT2D eigenvalue weighted by Gasteiger charge is 2.11. The van der Waals surface area contributed by atoms with Crippen LogP contribution in [-0.2, 0) is 12.3 Å². The van der Waals surface area contributed by atoms with E-state index in [0.29, 0.717) is 22.8 Å². The van der Waals surface area contributed by atoms with Gasteiger partial charge >= 0.3 is 0 Å². The van der Waals surface area contributed by atoms with Gasteiger partial charge < -0.3 is 14.3 Å². The molecule has 0 spiro atoms. The fourth-order valence-electron chi connectivity index (χ4n) is 2.55. The van der Waals surface area contributed by atoms with Crippen LogP contribution in [0.2, 0.25) is 0 Å². The van der Waals surface area contributed by atoms with Crippen LogP contribution in [0, 0.1) is 0 Å².